The Kier molecular flexibility index (Phi) is 5.41. The van der Waals surface area contributed by atoms with Crippen molar-refractivity contribution in [1.29, 1.82) is 0 Å². The molecule has 0 aliphatic carbocycles. The molecule has 0 bridgehead atoms. The molecule has 0 unspecified atom stereocenters. The number of ether oxygens (including phenoxy) is 2. The van der Waals surface area contributed by atoms with Gasteiger partial charge in [0.2, 0.25) is 0 Å². The Morgan fingerprint density at radius 3 is 2.65 bits per heavy atom. The van der Waals surface area contributed by atoms with Crippen molar-refractivity contribution in [1.82, 2.24) is 4.90 Å². The molecule has 0 radical (unpaired) electrons. The van der Waals surface area contributed by atoms with E-state index in [-0.39, 0.29) is 29.0 Å². The molecule has 0 aromatic rings. The van der Waals surface area contributed by atoms with Gasteiger partial charge in [-0.25, -0.2) is 0 Å². The first-order valence-electron chi connectivity index (χ1n) is 6.96. The summed E-state index contributed by atoms with van der Waals surface area (Å²) in [4.78, 5) is 13.9. The second-order valence-corrected chi connectivity index (χ2v) is 6.64. The molecule has 1 saturated heterocycles. The Labute approximate surface area is 128 Å². The van der Waals surface area contributed by atoms with E-state index in [0.29, 0.717) is 6.42 Å². The fourth-order valence-corrected chi connectivity index (χ4v) is 3.31. The standard InChI is InChI=1S/C15H22BrNO3/c1-4-11-10(16)9-14-12(19-11)7-5-6-8-13(20-14)15(18)17(2)3/h4-6,10-14H,1,7-9H2,2-3H3/b6-5-/t10-,11+,12-,13+,14-/m0/s1. The van der Waals surface area contributed by atoms with Crippen LogP contribution < -0.4 is 0 Å². The average molecular weight is 344 g/mol. The SMILES string of the molecule is C=C[C@H]1O[C@H]2C/C=C\C[C@H](C(=O)N(C)C)O[C@H]2C[C@@H]1Br. The lowest BCUT2D eigenvalue weighted by atomic mass is 9.96. The van der Waals surface area contributed by atoms with E-state index in [0.717, 1.165) is 12.8 Å². The lowest BCUT2D eigenvalue weighted by Gasteiger charge is -2.40. The molecular weight excluding hydrogens is 322 g/mol. The molecule has 1 fully saturated rings. The van der Waals surface area contributed by atoms with Gasteiger partial charge in [0.25, 0.3) is 5.91 Å². The van der Waals surface area contributed by atoms with Gasteiger partial charge in [-0.2, -0.15) is 0 Å². The highest BCUT2D eigenvalue weighted by molar-refractivity contribution is 9.09. The van der Waals surface area contributed by atoms with Crippen LogP contribution in [0.1, 0.15) is 19.3 Å². The van der Waals surface area contributed by atoms with Gasteiger partial charge in [-0.05, 0) is 12.8 Å². The number of fused-ring (bicyclic) bond motifs is 1. The van der Waals surface area contributed by atoms with Crippen molar-refractivity contribution >= 4 is 21.8 Å². The zero-order valence-electron chi connectivity index (χ0n) is 12.0. The summed E-state index contributed by atoms with van der Waals surface area (Å²) in [7, 11) is 3.51. The third-order valence-electron chi connectivity index (χ3n) is 3.73. The maximum atomic E-state index is 12.1. The maximum absolute atomic E-state index is 12.1. The second kappa shape index (κ2) is 6.87. The molecule has 20 heavy (non-hydrogen) atoms. The molecule has 0 N–H and O–H groups in total. The molecule has 2 rings (SSSR count). The summed E-state index contributed by atoms with van der Waals surface area (Å²) in [6.07, 6.45) is 7.69. The smallest absolute Gasteiger partial charge is 0.251 e. The molecule has 5 heteroatoms. The highest BCUT2D eigenvalue weighted by Gasteiger charge is 2.38. The molecule has 112 valence electrons. The molecule has 2 aliphatic heterocycles. The van der Waals surface area contributed by atoms with Crippen molar-refractivity contribution in [3.05, 3.63) is 24.8 Å². The van der Waals surface area contributed by atoms with Crippen LogP contribution in [0.25, 0.3) is 0 Å². The van der Waals surface area contributed by atoms with Crippen LogP contribution in [-0.4, -0.2) is 54.1 Å². The fourth-order valence-electron chi connectivity index (χ4n) is 2.60. The van der Waals surface area contributed by atoms with E-state index in [1.807, 2.05) is 12.2 Å². The highest BCUT2D eigenvalue weighted by Crippen LogP contribution is 2.32. The zero-order valence-corrected chi connectivity index (χ0v) is 13.6. The number of carbonyl (C=O) groups excluding carboxylic acids is 1. The zero-order chi connectivity index (χ0) is 14.7. The Morgan fingerprint density at radius 1 is 1.30 bits per heavy atom. The molecule has 2 aliphatic rings. The van der Waals surface area contributed by atoms with Crippen molar-refractivity contribution < 1.29 is 14.3 Å². The summed E-state index contributed by atoms with van der Waals surface area (Å²) in [5.74, 6) is 0.00673. The van der Waals surface area contributed by atoms with Crippen molar-refractivity contribution in [3.8, 4) is 0 Å². The Hall–Kier alpha value is -0.650. The number of likely N-dealkylation sites (N-methyl/N-ethyl adjacent to an activating group) is 1. The Balaban J connectivity index is 2.11. The third kappa shape index (κ3) is 3.51. The summed E-state index contributed by atoms with van der Waals surface area (Å²) in [6.45, 7) is 3.81. The predicted octanol–water partition coefficient (Wildman–Crippen LogP) is 2.29. The fraction of sp³-hybridized carbons (Fsp3) is 0.667. The van der Waals surface area contributed by atoms with Crippen molar-refractivity contribution in [2.45, 2.75) is 48.5 Å². The van der Waals surface area contributed by atoms with Gasteiger partial charge in [-0.3, -0.25) is 4.79 Å². The molecule has 2 heterocycles. The van der Waals surface area contributed by atoms with E-state index < -0.39 is 6.10 Å². The molecule has 4 nitrogen and oxygen atoms in total. The second-order valence-electron chi connectivity index (χ2n) is 5.47. The van der Waals surface area contributed by atoms with Gasteiger partial charge in [0.1, 0.15) is 6.10 Å². The number of hydrogen-bond donors (Lipinski definition) is 0. The number of halogens is 1. The van der Waals surface area contributed by atoms with Crippen LogP contribution in [0.3, 0.4) is 0 Å². The minimum absolute atomic E-state index is 0.00400. The van der Waals surface area contributed by atoms with Gasteiger partial charge in [-0.1, -0.05) is 34.2 Å². The number of rotatable bonds is 2. The van der Waals surface area contributed by atoms with Gasteiger partial charge in [-0.15, -0.1) is 6.58 Å². The molecule has 0 aromatic carbocycles. The van der Waals surface area contributed by atoms with Gasteiger partial charge < -0.3 is 14.4 Å². The molecule has 1 amide bonds. The first-order valence-corrected chi connectivity index (χ1v) is 7.88. The number of hydrogen-bond acceptors (Lipinski definition) is 3. The first-order chi connectivity index (χ1) is 9.52. The number of amides is 1. The predicted molar refractivity (Wildman–Crippen MR) is 81.9 cm³/mol. The quantitative estimate of drug-likeness (QED) is 0.570. The first kappa shape index (κ1) is 15.7. The molecule has 5 atom stereocenters. The number of nitrogens with zero attached hydrogens (tertiary/aromatic N) is 1. The van der Waals surface area contributed by atoms with Gasteiger partial charge in [0.05, 0.1) is 18.3 Å². The average Bonchev–Trinajstić information content (AvgIpc) is 2.39. The van der Waals surface area contributed by atoms with Crippen LogP contribution in [0.15, 0.2) is 24.8 Å². The molecular formula is C15H22BrNO3. The van der Waals surface area contributed by atoms with Crippen molar-refractivity contribution in [2.24, 2.45) is 0 Å². The Morgan fingerprint density at radius 2 is 2.00 bits per heavy atom. The van der Waals surface area contributed by atoms with E-state index in [4.69, 9.17) is 9.47 Å². The Bertz CT molecular complexity index is 397. The summed E-state index contributed by atoms with van der Waals surface area (Å²) in [5.41, 5.74) is 0. The summed E-state index contributed by atoms with van der Waals surface area (Å²) in [5, 5.41) is 0. The normalized spacial score (nSPS) is 39.0. The van der Waals surface area contributed by atoms with Crippen molar-refractivity contribution in [3.63, 3.8) is 0 Å². The third-order valence-corrected chi connectivity index (χ3v) is 4.63. The molecule has 0 saturated carbocycles. The van der Waals surface area contributed by atoms with E-state index in [9.17, 15) is 4.79 Å². The number of alkyl halides is 1. The minimum Gasteiger partial charge on any atom is -0.367 e. The highest BCUT2D eigenvalue weighted by atomic mass is 79.9. The van der Waals surface area contributed by atoms with Crippen LogP contribution in [0.2, 0.25) is 0 Å². The van der Waals surface area contributed by atoms with Crippen molar-refractivity contribution in [2.75, 3.05) is 14.1 Å². The van der Waals surface area contributed by atoms with E-state index in [2.05, 4.69) is 28.6 Å². The number of carbonyl (C=O) groups is 1. The van der Waals surface area contributed by atoms with E-state index in [1.165, 1.54) is 0 Å². The molecule has 0 spiro atoms. The van der Waals surface area contributed by atoms with Crippen LogP contribution in [0.5, 0.6) is 0 Å². The van der Waals surface area contributed by atoms with Crippen LogP contribution >= 0.6 is 15.9 Å². The van der Waals surface area contributed by atoms with Gasteiger partial charge >= 0.3 is 0 Å². The van der Waals surface area contributed by atoms with Gasteiger partial charge in [0, 0.05) is 25.3 Å². The maximum Gasteiger partial charge on any atom is 0.251 e. The lowest BCUT2D eigenvalue weighted by molar-refractivity contribution is -0.165. The van der Waals surface area contributed by atoms with Crippen LogP contribution in [0.4, 0.5) is 0 Å². The summed E-state index contributed by atoms with van der Waals surface area (Å²) >= 11 is 3.62. The summed E-state index contributed by atoms with van der Waals surface area (Å²) in [6, 6.07) is 0. The topological polar surface area (TPSA) is 38.8 Å². The van der Waals surface area contributed by atoms with E-state index >= 15 is 0 Å². The molecule has 0 aromatic heterocycles. The lowest BCUT2D eigenvalue weighted by Crippen LogP contribution is -2.49. The largest absolute Gasteiger partial charge is 0.367 e. The van der Waals surface area contributed by atoms with E-state index in [1.54, 1.807) is 19.0 Å². The van der Waals surface area contributed by atoms with Gasteiger partial charge in [0.15, 0.2) is 0 Å². The van der Waals surface area contributed by atoms with Crippen LogP contribution in [-0.2, 0) is 14.3 Å². The summed E-state index contributed by atoms with van der Waals surface area (Å²) < 4.78 is 12.1. The monoisotopic (exact) mass is 343 g/mol. The van der Waals surface area contributed by atoms with Crippen LogP contribution in [0, 0.1) is 0 Å². The minimum atomic E-state index is -0.419.